The van der Waals surface area contributed by atoms with Crippen molar-refractivity contribution >= 4 is 5.91 Å². The van der Waals surface area contributed by atoms with Gasteiger partial charge in [0.15, 0.2) is 0 Å². The van der Waals surface area contributed by atoms with Gasteiger partial charge < -0.3 is 15.5 Å². The third kappa shape index (κ3) is 33.8. The van der Waals surface area contributed by atoms with E-state index in [9.17, 15) is 15.0 Å². The van der Waals surface area contributed by atoms with Crippen LogP contribution in [0.3, 0.4) is 0 Å². The van der Waals surface area contributed by atoms with Crippen molar-refractivity contribution in [3.05, 3.63) is 36.5 Å². The summed E-state index contributed by atoms with van der Waals surface area (Å²) >= 11 is 0. The van der Waals surface area contributed by atoms with Crippen molar-refractivity contribution in [2.24, 2.45) is 0 Å². The van der Waals surface area contributed by atoms with Crippen LogP contribution < -0.4 is 5.32 Å². The Balaban J connectivity index is 3.62. The summed E-state index contributed by atoms with van der Waals surface area (Å²) < 4.78 is 0. The Morgan fingerprint density at radius 3 is 1.29 bits per heavy atom. The van der Waals surface area contributed by atoms with Crippen LogP contribution in [0, 0.1) is 0 Å². The second kappa shape index (κ2) is 37.1. The SMILES string of the molecule is CCCCCC/C=C/CC/C=C/CC/C=C/C(O)C(CO)NC(=O)CCCCCCCCCCCCCCCCCCCCC. The lowest BCUT2D eigenvalue weighted by atomic mass is 10.0. The van der Waals surface area contributed by atoms with Crippen molar-refractivity contribution in [1.82, 2.24) is 5.32 Å². The van der Waals surface area contributed by atoms with Crippen LogP contribution in [0.5, 0.6) is 0 Å². The highest BCUT2D eigenvalue weighted by Crippen LogP contribution is 2.15. The molecule has 0 aromatic rings. The van der Waals surface area contributed by atoms with Gasteiger partial charge in [-0.2, -0.15) is 0 Å². The van der Waals surface area contributed by atoms with Gasteiger partial charge in [-0.25, -0.2) is 0 Å². The number of aliphatic hydroxyl groups is 2. The van der Waals surface area contributed by atoms with Crippen LogP contribution in [0.4, 0.5) is 0 Å². The standard InChI is InChI=1S/C41H77NO3/c1-3-5-7-9-11-13-15-17-19-20-21-22-23-25-27-29-31-33-35-37-41(45)42-39(38-43)40(44)36-34-32-30-28-26-24-18-16-14-12-10-8-6-4-2/h14,16,26,28,34,36,39-40,43-44H,3-13,15,17-25,27,29-33,35,37-38H2,1-2H3,(H,42,45)/b16-14+,28-26+,36-34+. The van der Waals surface area contributed by atoms with Gasteiger partial charge in [0.1, 0.15) is 0 Å². The highest BCUT2D eigenvalue weighted by molar-refractivity contribution is 5.76. The van der Waals surface area contributed by atoms with Crippen LogP contribution in [0.25, 0.3) is 0 Å². The molecular formula is C41H77NO3. The fraction of sp³-hybridized carbons (Fsp3) is 0.829. The Morgan fingerprint density at radius 2 is 0.867 bits per heavy atom. The first kappa shape index (κ1) is 43.6. The van der Waals surface area contributed by atoms with Gasteiger partial charge in [-0.1, -0.05) is 185 Å². The molecule has 0 aromatic carbocycles. The normalized spacial score (nSPS) is 13.4. The third-order valence-electron chi connectivity index (χ3n) is 8.85. The number of rotatable bonds is 35. The highest BCUT2D eigenvalue weighted by Gasteiger charge is 2.17. The minimum absolute atomic E-state index is 0.0774. The fourth-order valence-electron chi connectivity index (χ4n) is 5.80. The van der Waals surface area contributed by atoms with Crippen molar-refractivity contribution < 1.29 is 15.0 Å². The summed E-state index contributed by atoms with van der Waals surface area (Å²) in [5, 5.41) is 22.9. The van der Waals surface area contributed by atoms with Crippen LogP contribution in [0.15, 0.2) is 36.5 Å². The Bertz CT molecular complexity index is 686. The molecule has 0 radical (unpaired) electrons. The minimum Gasteiger partial charge on any atom is -0.394 e. The molecule has 4 nitrogen and oxygen atoms in total. The number of allylic oxidation sites excluding steroid dienone is 5. The number of carbonyl (C=O) groups excluding carboxylic acids is 1. The number of hydrogen-bond acceptors (Lipinski definition) is 3. The zero-order valence-electron chi connectivity index (χ0n) is 30.1. The summed E-state index contributed by atoms with van der Waals surface area (Å²) in [5.41, 5.74) is 0. The van der Waals surface area contributed by atoms with Gasteiger partial charge in [-0.3, -0.25) is 4.79 Å². The third-order valence-corrected chi connectivity index (χ3v) is 8.85. The molecule has 0 saturated carbocycles. The van der Waals surface area contributed by atoms with E-state index in [4.69, 9.17) is 0 Å². The topological polar surface area (TPSA) is 69.6 Å². The number of hydrogen-bond donors (Lipinski definition) is 3. The molecule has 0 saturated heterocycles. The van der Waals surface area contributed by atoms with Crippen LogP contribution in [0.2, 0.25) is 0 Å². The van der Waals surface area contributed by atoms with Crippen molar-refractivity contribution in [3.8, 4) is 0 Å². The van der Waals surface area contributed by atoms with Crippen LogP contribution in [0.1, 0.15) is 200 Å². The number of unbranched alkanes of at least 4 members (excludes halogenated alkanes) is 24. The van der Waals surface area contributed by atoms with Gasteiger partial charge in [0.25, 0.3) is 0 Å². The minimum atomic E-state index is -0.865. The van der Waals surface area contributed by atoms with Crippen LogP contribution in [-0.2, 0) is 4.79 Å². The van der Waals surface area contributed by atoms with Gasteiger partial charge in [-0.05, 0) is 44.9 Å². The molecule has 45 heavy (non-hydrogen) atoms. The van der Waals surface area contributed by atoms with Crippen molar-refractivity contribution in [2.45, 2.75) is 212 Å². The van der Waals surface area contributed by atoms with Gasteiger partial charge >= 0.3 is 0 Å². The lowest BCUT2D eigenvalue weighted by molar-refractivity contribution is -0.123. The number of amides is 1. The largest absolute Gasteiger partial charge is 0.394 e. The second-order valence-corrected chi connectivity index (χ2v) is 13.3. The van der Waals surface area contributed by atoms with Gasteiger partial charge in [-0.15, -0.1) is 0 Å². The van der Waals surface area contributed by atoms with E-state index in [2.05, 4.69) is 43.5 Å². The van der Waals surface area contributed by atoms with Crippen LogP contribution >= 0.6 is 0 Å². The Kier molecular flexibility index (Phi) is 35.9. The highest BCUT2D eigenvalue weighted by atomic mass is 16.3. The summed E-state index contributed by atoms with van der Waals surface area (Å²) in [6.07, 6.45) is 48.1. The van der Waals surface area contributed by atoms with E-state index >= 15 is 0 Å². The molecule has 1 amide bonds. The van der Waals surface area contributed by atoms with E-state index in [1.54, 1.807) is 6.08 Å². The monoisotopic (exact) mass is 632 g/mol. The summed E-state index contributed by atoms with van der Waals surface area (Å²) in [6.45, 7) is 4.27. The summed E-state index contributed by atoms with van der Waals surface area (Å²) in [6, 6.07) is -0.640. The van der Waals surface area contributed by atoms with E-state index in [0.29, 0.717) is 6.42 Å². The van der Waals surface area contributed by atoms with Crippen molar-refractivity contribution in [1.29, 1.82) is 0 Å². The maximum atomic E-state index is 12.3. The van der Waals surface area contributed by atoms with E-state index in [1.807, 2.05) is 6.08 Å². The molecule has 0 rings (SSSR count). The zero-order valence-corrected chi connectivity index (χ0v) is 30.1. The lowest BCUT2D eigenvalue weighted by Crippen LogP contribution is -2.45. The molecule has 0 fully saturated rings. The molecule has 0 aliphatic heterocycles. The summed E-state index contributed by atoms with van der Waals surface area (Å²) in [5.74, 6) is -0.0774. The predicted octanol–water partition coefficient (Wildman–Crippen LogP) is 11.8. The molecule has 2 atom stereocenters. The lowest BCUT2D eigenvalue weighted by Gasteiger charge is -2.19. The van der Waals surface area contributed by atoms with Gasteiger partial charge in [0.05, 0.1) is 18.8 Å². The Labute approximate surface area is 281 Å². The number of carbonyl (C=O) groups is 1. The maximum Gasteiger partial charge on any atom is 0.220 e. The molecule has 0 heterocycles. The first-order valence-electron chi connectivity index (χ1n) is 19.7. The van der Waals surface area contributed by atoms with Crippen molar-refractivity contribution in [2.75, 3.05) is 6.61 Å². The van der Waals surface area contributed by atoms with Gasteiger partial charge in [0, 0.05) is 6.42 Å². The van der Waals surface area contributed by atoms with E-state index in [-0.39, 0.29) is 12.5 Å². The van der Waals surface area contributed by atoms with Gasteiger partial charge in [0.2, 0.25) is 5.91 Å². The van der Waals surface area contributed by atoms with Crippen LogP contribution in [-0.4, -0.2) is 34.9 Å². The van der Waals surface area contributed by atoms with E-state index in [1.165, 1.54) is 141 Å². The maximum absolute atomic E-state index is 12.3. The average Bonchev–Trinajstić information content (AvgIpc) is 3.04. The molecule has 0 aromatic heterocycles. The number of aliphatic hydroxyl groups excluding tert-OH is 2. The first-order chi connectivity index (χ1) is 22.2. The zero-order chi connectivity index (χ0) is 32.9. The smallest absolute Gasteiger partial charge is 0.220 e. The molecule has 0 bridgehead atoms. The molecule has 4 heteroatoms. The molecule has 2 unspecified atom stereocenters. The summed E-state index contributed by atoms with van der Waals surface area (Å²) in [7, 11) is 0. The first-order valence-corrected chi connectivity index (χ1v) is 19.7. The molecule has 0 aliphatic carbocycles. The van der Waals surface area contributed by atoms with Crippen molar-refractivity contribution in [3.63, 3.8) is 0 Å². The Hall–Kier alpha value is -1.39. The number of nitrogens with one attached hydrogen (secondary N) is 1. The van der Waals surface area contributed by atoms with E-state index in [0.717, 1.165) is 38.5 Å². The molecular weight excluding hydrogens is 554 g/mol. The molecule has 3 N–H and O–H groups in total. The fourth-order valence-corrected chi connectivity index (χ4v) is 5.80. The molecule has 264 valence electrons. The molecule has 0 aliphatic rings. The molecule has 0 spiro atoms. The predicted molar refractivity (Wildman–Crippen MR) is 198 cm³/mol. The quantitative estimate of drug-likeness (QED) is 0.0481. The summed E-state index contributed by atoms with van der Waals surface area (Å²) in [4.78, 5) is 12.3. The van der Waals surface area contributed by atoms with E-state index < -0.39 is 12.1 Å². The Morgan fingerprint density at radius 1 is 0.511 bits per heavy atom. The average molecular weight is 632 g/mol. The second-order valence-electron chi connectivity index (χ2n) is 13.3.